The average molecular weight is 254 g/mol. The second-order valence-electron chi connectivity index (χ2n) is 4.28. The van der Waals surface area contributed by atoms with Crippen molar-refractivity contribution >= 4 is 16.7 Å². The van der Waals surface area contributed by atoms with Gasteiger partial charge in [0.2, 0.25) is 0 Å². The van der Waals surface area contributed by atoms with Gasteiger partial charge in [0.15, 0.2) is 0 Å². The van der Waals surface area contributed by atoms with Crippen molar-refractivity contribution in [3.8, 4) is 5.75 Å². The number of nitrogens with zero attached hydrogens (tertiary/aromatic N) is 3. The summed E-state index contributed by atoms with van der Waals surface area (Å²) < 4.78 is 7.06. The number of anilines is 1. The SMILES string of the molecule is COc1ccc(Cn2ncc3c(N)nccc32)cc1. The first-order valence-corrected chi connectivity index (χ1v) is 5.97. The Hall–Kier alpha value is -2.56. The summed E-state index contributed by atoms with van der Waals surface area (Å²) >= 11 is 0. The van der Waals surface area contributed by atoms with Crippen LogP contribution in [0.25, 0.3) is 10.9 Å². The molecule has 0 spiro atoms. The van der Waals surface area contributed by atoms with Crippen molar-refractivity contribution in [2.24, 2.45) is 0 Å². The highest BCUT2D eigenvalue weighted by Gasteiger charge is 2.06. The molecule has 1 aromatic carbocycles. The standard InChI is InChI=1S/C14H14N4O/c1-19-11-4-2-10(3-5-11)9-18-13-6-7-16-14(15)12(13)8-17-18/h2-8H,9H2,1H3,(H2,15,16). The van der Waals surface area contributed by atoms with E-state index < -0.39 is 0 Å². The molecule has 0 fully saturated rings. The number of rotatable bonds is 3. The van der Waals surface area contributed by atoms with Crippen LogP contribution in [0.1, 0.15) is 5.56 Å². The lowest BCUT2D eigenvalue weighted by molar-refractivity contribution is 0.414. The van der Waals surface area contributed by atoms with Gasteiger partial charge in [-0.1, -0.05) is 12.1 Å². The molecule has 2 N–H and O–H groups in total. The highest BCUT2D eigenvalue weighted by Crippen LogP contribution is 2.19. The molecule has 2 aromatic heterocycles. The Kier molecular flexibility index (Phi) is 2.79. The molecule has 0 atom stereocenters. The molecule has 0 aliphatic carbocycles. The zero-order valence-electron chi connectivity index (χ0n) is 10.6. The number of nitrogens with two attached hydrogens (primary N) is 1. The third kappa shape index (κ3) is 2.10. The lowest BCUT2D eigenvalue weighted by Crippen LogP contribution is -2.01. The molecule has 3 aromatic rings. The summed E-state index contributed by atoms with van der Waals surface area (Å²) in [6, 6.07) is 9.85. The second kappa shape index (κ2) is 4.61. The van der Waals surface area contributed by atoms with Crippen LogP contribution in [0.5, 0.6) is 5.75 Å². The summed E-state index contributed by atoms with van der Waals surface area (Å²) in [7, 11) is 1.66. The maximum absolute atomic E-state index is 5.82. The van der Waals surface area contributed by atoms with Crippen LogP contribution in [0.4, 0.5) is 5.82 Å². The Morgan fingerprint density at radius 3 is 2.74 bits per heavy atom. The van der Waals surface area contributed by atoms with Crippen molar-refractivity contribution in [1.29, 1.82) is 0 Å². The van der Waals surface area contributed by atoms with Gasteiger partial charge >= 0.3 is 0 Å². The lowest BCUT2D eigenvalue weighted by atomic mass is 10.2. The number of fused-ring (bicyclic) bond motifs is 1. The van der Waals surface area contributed by atoms with Gasteiger partial charge in [-0.15, -0.1) is 0 Å². The van der Waals surface area contributed by atoms with E-state index in [2.05, 4.69) is 10.1 Å². The molecule has 0 aliphatic rings. The van der Waals surface area contributed by atoms with Crippen molar-refractivity contribution in [1.82, 2.24) is 14.8 Å². The predicted octanol–water partition coefficient (Wildman–Crippen LogP) is 2.07. The summed E-state index contributed by atoms with van der Waals surface area (Å²) in [5.74, 6) is 1.36. The summed E-state index contributed by atoms with van der Waals surface area (Å²) in [5.41, 5.74) is 7.96. The summed E-state index contributed by atoms with van der Waals surface area (Å²) in [6.45, 7) is 0.691. The zero-order chi connectivity index (χ0) is 13.2. The normalized spacial score (nSPS) is 10.8. The number of pyridine rings is 1. The van der Waals surface area contributed by atoms with Gasteiger partial charge in [0.05, 0.1) is 30.8 Å². The van der Waals surface area contributed by atoms with Crippen LogP contribution in [0.3, 0.4) is 0 Å². The van der Waals surface area contributed by atoms with E-state index in [9.17, 15) is 0 Å². The van der Waals surface area contributed by atoms with Gasteiger partial charge in [-0.3, -0.25) is 4.68 Å². The molecule has 0 aliphatic heterocycles. The molecule has 0 unspecified atom stereocenters. The van der Waals surface area contributed by atoms with Crippen LogP contribution in [-0.2, 0) is 6.54 Å². The topological polar surface area (TPSA) is 66.0 Å². The fraction of sp³-hybridized carbons (Fsp3) is 0.143. The highest BCUT2D eigenvalue weighted by molar-refractivity contribution is 5.87. The van der Waals surface area contributed by atoms with Gasteiger partial charge < -0.3 is 10.5 Å². The Labute approximate surface area is 110 Å². The second-order valence-corrected chi connectivity index (χ2v) is 4.28. The number of aromatic nitrogens is 3. The highest BCUT2D eigenvalue weighted by atomic mass is 16.5. The van der Waals surface area contributed by atoms with Crippen molar-refractivity contribution in [2.45, 2.75) is 6.54 Å². The fourth-order valence-electron chi connectivity index (χ4n) is 2.06. The number of ether oxygens (including phenoxy) is 1. The molecular weight excluding hydrogens is 240 g/mol. The van der Waals surface area contributed by atoms with Crippen LogP contribution in [0.2, 0.25) is 0 Å². The first-order chi connectivity index (χ1) is 9.28. The maximum Gasteiger partial charge on any atom is 0.134 e. The van der Waals surface area contributed by atoms with Crippen LogP contribution >= 0.6 is 0 Å². The number of nitrogen functional groups attached to an aromatic ring is 1. The van der Waals surface area contributed by atoms with Gasteiger partial charge in [0, 0.05) is 6.20 Å². The van der Waals surface area contributed by atoms with Gasteiger partial charge in [0.25, 0.3) is 0 Å². The molecule has 96 valence electrons. The van der Waals surface area contributed by atoms with E-state index in [0.717, 1.165) is 22.2 Å². The molecule has 19 heavy (non-hydrogen) atoms. The van der Waals surface area contributed by atoms with Crippen LogP contribution < -0.4 is 10.5 Å². The van der Waals surface area contributed by atoms with Gasteiger partial charge in [-0.05, 0) is 23.8 Å². The zero-order valence-corrected chi connectivity index (χ0v) is 10.6. The minimum absolute atomic E-state index is 0.512. The molecule has 0 amide bonds. The number of hydrogen-bond acceptors (Lipinski definition) is 4. The number of benzene rings is 1. The Balaban J connectivity index is 1.94. The van der Waals surface area contributed by atoms with Gasteiger partial charge in [-0.2, -0.15) is 5.10 Å². The fourth-order valence-corrected chi connectivity index (χ4v) is 2.06. The van der Waals surface area contributed by atoms with E-state index in [0.29, 0.717) is 12.4 Å². The molecule has 5 nitrogen and oxygen atoms in total. The van der Waals surface area contributed by atoms with Crippen molar-refractivity contribution in [3.05, 3.63) is 48.3 Å². The molecule has 5 heteroatoms. The van der Waals surface area contributed by atoms with Crippen molar-refractivity contribution in [3.63, 3.8) is 0 Å². The van der Waals surface area contributed by atoms with Crippen LogP contribution in [0.15, 0.2) is 42.7 Å². The van der Waals surface area contributed by atoms with Gasteiger partial charge in [0.1, 0.15) is 11.6 Å². The molecule has 2 heterocycles. The monoisotopic (exact) mass is 254 g/mol. The van der Waals surface area contributed by atoms with E-state index in [1.54, 1.807) is 19.5 Å². The summed E-state index contributed by atoms with van der Waals surface area (Å²) in [6.07, 6.45) is 3.45. The molecule has 0 bridgehead atoms. The maximum atomic E-state index is 5.82. The van der Waals surface area contributed by atoms with Crippen molar-refractivity contribution in [2.75, 3.05) is 12.8 Å². The first-order valence-electron chi connectivity index (χ1n) is 5.97. The molecule has 0 radical (unpaired) electrons. The van der Waals surface area contributed by atoms with Crippen molar-refractivity contribution < 1.29 is 4.74 Å². The smallest absolute Gasteiger partial charge is 0.134 e. The van der Waals surface area contributed by atoms with E-state index in [-0.39, 0.29) is 0 Å². The minimum atomic E-state index is 0.512. The van der Waals surface area contributed by atoms with Crippen LogP contribution in [-0.4, -0.2) is 21.9 Å². The van der Waals surface area contributed by atoms with E-state index >= 15 is 0 Å². The molecule has 3 rings (SSSR count). The van der Waals surface area contributed by atoms with E-state index in [1.165, 1.54) is 0 Å². The Morgan fingerprint density at radius 2 is 2.00 bits per heavy atom. The Bertz CT molecular complexity index is 703. The summed E-state index contributed by atoms with van der Waals surface area (Å²) in [5, 5.41) is 5.24. The van der Waals surface area contributed by atoms with Crippen LogP contribution in [0, 0.1) is 0 Å². The number of methoxy groups -OCH3 is 1. The quantitative estimate of drug-likeness (QED) is 0.777. The van der Waals surface area contributed by atoms with Gasteiger partial charge in [-0.25, -0.2) is 4.98 Å². The number of hydrogen-bond donors (Lipinski definition) is 1. The molecule has 0 saturated heterocycles. The molecule has 0 saturated carbocycles. The first kappa shape index (κ1) is 11.5. The van der Waals surface area contributed by atoms with E-state index in [1.807, 2.05) is 35.0 Å². The minimum Gasteiger partial charge on any atom is -0.497 e. The largest absolute Gasteiger partial charge is 0.497 e. The third-order valence-electron chi connectivity index (χ3n) is 3.09. The third-order valence-corrected chi connectivity index (χ3v) is 3.09. The average Bonchev–Trinajstić information content (AvgIpc) is 2.84. The summed E-state index contributed by atoms with van der Waals surface area (Å²) in [4.78, 5) is 4.06. The molecular formula is C14H14N4O. The lowest BCUT2D eigenvalue weighted by Gasteiger charge is -2.05. The van der Waals surface area contributed by atoms with E-state index in [4.69, 9.17) is 10.5 Å². The Morgan fingerprint density at radius 1 is 1.21 bits per heavy atom. The predicted molar refractivity (Wildman–Crippen MR) is 74.0 cm³/mol.